The van der Waals surface area contributed by atoms with Crippen molar-refractivity contribution < 1.29 is 9.59 Å². The number of benzene rings is 5. The second kappa shape index (κ2) is 10.4. The molecule has 0 saturated carbocycles. The predicted octanol–water partition coefficient (Wildman–Crippen LogP) is 5.43. The molecule has 1 heterocycles. The van der Waals surface area contributed by atoms with Crippen LogP contribution >= 0.6 is 0 Å². The largest absolute Gasteiger partial charge is 0.325 e. The van der Waals surface area contributed by atoms with E-state index in [2.05, 4.69) is 36.4 Å². The second-order valence-corrected chi connectivity index (χ2v) is 13.6. The SMILES string of the molecule is CCC1(c2ccccc2)C(=O)N(c2ccccc2)C(=O)N1[Si](c1ccccc1)(c1ccccc1)c1ccccc1. The van der Waals surface area contributed by atoms with Crippen LogP contribution in [-0.4, -0.2) is 24.7 Å². The number of imide groups is 1. The smallest absolute Gasteiger partial charge is 0.320 e. The fourth-order valence-corrected chi connectivity index (χ4v) is 11.4. The molecule has 0 spiro atoms. The summed E-state index contributed by atoms with van der Waals surface area (Å²) >= 11 is 0. The van der Waals surface area contributed by atoms with E-state index >= 15 is 4.79 Å². The number of carbonyl (C=O) groups is 2. The Morgan fingerprint density at radius 2 is 0.925 bits per heavy atom. The van der Waals surface area contributed by atoms with Gasteiger partial charge in [-0.2, -0.15) is 0 Å². The van der Waals surface area contributed by atoms with Crippen molar-refractivity contribution in [1.29, 1.82) is 0 Å². The zero-order valence-corrected chi connectivity index (χ0v) is 23.4. The molecule has 0 aliphatic carbocycles. The Morgan fingerprint density at radius 1 is 0.550 bits per heavy atom. The summed E-state index contributed by atoms with van der Waals surface area (Å²) in [6, 6.07) is 49.6. The van der Waals surface area contributed by atoms with Gasteiger partial charge in [-0.15, -0.1) is 0 Å². The highest BCUT2D eigenvalue weighted by molar-refractivity contribution is 7.11. The van der Waals surface area contributed by atoms with Crippen LogP contribution in [0.2, 0.25) is 0 Å². The molecule has 0 aromatic heterocycles. The van der Waals surface area contributed by atoms with Crippen LogP contribution in [0.4, 0.5) is 10.5 Å². The van der Waals surface area contributed by atoms with Crippen molar-refractivity contribution in [3.8, 4) is 0 Å². The van der Waals surface area contributed by atoms with Crippen LogP contribution < -0.4 is 20.5 Å². The molecule has 0 radical (unpaired) electrons. The highest BCUT2D eigenvalue weighted by atomic mass is 28.3. The first-order valence-electron chi connectivity index (χ1n) is 13.6. The summed E-state index contributed by atoms with van der Waals surface area (Å²) < 4.78 is 1.99. The van der Waals surface area contributed by atoms with Crippen LogP contribution in [0.15, 0.2) is 152 Å². The number of nitrogens with zero attached hydrogens (tertiary/aromatic N) is 2. The van der Waals surface area contributed by atoms with E-state index in [0.29, 0.717) is 12.1 Å². The van der Waals surface area contributed by atoms with Gasteiger partial charge in [-0.25, -0.2) is 9.69 Å². The van der Waals surface area contributed by atoms with Gasteiger partial charge in [0.2, 0.25) is 0 Å². The van der Waals surface area contributed by atoms with Crippen LogP contribution in [0.25, 0.3) is 0 Å². The van der Waals surface area contributed by atoms with Crippen molar-refractivity contribution in [1.82, 2.24) is 4.57 Å². The Hall–Kier alpha value is -4.74. The minimum Gasteiger partial charge on any atom is -0.320 e. The summed E-state index contributed by atoms with van der Waals surface area (Å²) in [5.41, 5.74) is 0.168. The highest BCUT2D eigenvalue weighted by Crippen LogP contribution is 2.45. The molecule has 3 amide bonds. The van der Waals surface area contributed by atoms with Crippen LogP contribution in [-0.2, 0) is 10.3 Å². The number of para-hydroxylation sites is 1. The number of rotatable bonds is 7. The fourth-order valence-electron chi connectivity index (χ4n) is 6.27. The van der Waals surface area contributed by atoms with Gasteiger partial charge in [0, 0.05) is 0 Å². The number of hydrogen-bond donors (Lipinski definition) is 0. The summed E-state index contributed by atoms with van der Waals surface area (Å²) in [4.78, 5) is 31.4. The third-order valence-corrected chi connectivity index (χ3v) is 12.8. The maximum Gasteiger partial charge on any atom is 0.325 e. The number of hydrogen-bond acceptors (Lipinski definition) is 2. The molecule has 1 aliphatic rings. The van der Waals surface area contributed by atoms with Crippen LogP contribution in [0.3, 0.4) is 0 Å². The predicted molar refractivity (Wildman–Crippen MR) is 164 cm³/mol. The fraction of sp³-hybridized carbons (Fsp3) is 0.0857. The van der Waals surface area contributed by atoms with Gasteiger partial charge in [-0.1, -0.05) is 146 Å². The number of carbonyl (C=O) groups excluding carboxylic acids is 2. The van der Waals surface area contributed by atoms with Gasteiger partial charge in [-0.3, -0.25) is 4.79 Å². The minimum atomic E-state index is -3.39. The van der Waals surface area contributed by atoms with Crippen molar-refractivity contribution in [3.63, 3.8) is 0 Å². The van der Waals surface area contributed by atoms with Crippen molar-refractivity contribution in [2.75, 3.05) is 4.90 Å². The number of urea groups is 1. The van der Waals surface area contributed by atoms with Crippen molar-refractivity contribution in [3.05, 3.63) is 157 Å². The molecule has 1 aliphatic heterocycles. The maximum atomic E-state index is 15.1. The Balaban J connectivity index is 1.78. The first kappa shape index (κ1) is 25.5. The van der Waals surface area contributed by atoms with Gasteiger partial charge in [0.15, 0.2) is 0 Å². The molecule has 5 heteroatoms. The molecule has 4 nitrogen and oxygen atoms in total. The van der Waals surface area contributed by atoms with E-state index in [0.717, 1.165) is 21.1 Å². The van der Waals surface area contributed by atoms with Gasteiger partial charge < -0.3 is 4.57 Å². The Labute approximate surface area is 236 Å². The van der Waals surface area contributed by atoms with Gasteiger partial charge in [0.05, 0.1) is 5.69 Å². The van der Waals surface area contributed by atoms with Crippen LogP contribution in [0, 0.1) is 0 Å². The molecule has 5 aromatic carbocycles. The maximum absolute atomic E-state index is 15.1. The van der Waals surface area contributed by atoms with Gasteiger partial charge in [0.1, 0.15) is 5.54 Å². The molecular formula is C35H30N2O2Si. The molecule has 0 N–H and O–H groups in total. The Morgan fingerprint density at radius 3 is 1.32 bits per heavy atom. The van der Waals surface area contributed by atoms with Crippen molar-refractivity contribution >= 4 is 41.4 Å². The van der Waals surface area contributed by atoms with E-state index in [9.17, 15) is 4.79 Å². The molecular weight excluding hydrogens is 508 g/mol. The summed E-state index contributed by atoms with van der Waals surface area (Å²) in [6.07, 6.45) is 0.423. The lowest BCUT2D eigenvalue weighted by Gasteiger charge is -2.48. The zero-order chi connectivity index (χ0) is 27.6. The third kappa shape index (κ3) is 3.73. The highest BCUT2D eigenvalue weighted by Gasteiger charge is 2.66. The quantitative estimate of drug-likeness (QED) is 0.158. The molecule has 1 saturated heterocycles. The lowest BCUT2D eigenvalue weighted by Crippen LogP contribution is -2.80. The Bertz CT molecular complexity index is 1520. The average molecular weight is 539 g/mol. The molecule has 5 aromatic rings. The molecule has 40 heavy (non-hydrogen) atoms. The number of amides is 3. The van der Waals surface area contributed by atoms with Crippen molar-refractivity contribution in [2.24, 2.45) is 0 Å². The molecule has 1 atom stereocenters. The summed E-state index contributed by atoms with van der Waals surface area (Å²) in [5.74, 6) is -0.225. The normalized spacial score (nSPS) is 17.3. The van der Waals surface area contributed by atoms with Crippen LogP contribution in [0.5, 0.6) is 0 Å². The lowest BCUT2D eigenvalue weighted by molar-refractivity contribution is -0.124. The van der Waals surface area contributed by atoms with E-state index in [1.807, 2.05) is 127 Å². The van der Waals surface area contributed by atoms with Gasteiger partial charge in [0.25, 0.3) is 14.1 Å². The van der Waals surface area contributed by atoms with E-state index in [1.54, 1.807) is 0 Å². The molecule has 1 fully saturated rings. The first-order chi connectivity index (χ1) is 19.7. The van der Waals surface area contributed by atoms with E-state index in [-0.39, 0.29) is 11.9 Å². The minimum absolute atomic E-state index is 0.225. The number of anilines is 1. The molecule has 6 rings (SSSR count). The third-order valence-electron chi connectivity index (χ3n) is 8.01. The molecule has 1 unspecified atom stereocenters. The molecule has 196 valence electrons. The average Bonchev–Trinajstić information content (AvgIpc) is 3.26. The van der Waals surface area contributed by atoms with Gasteiger partial charge in [-0.05, 0) is 39.7 Å². The summed E-state index contributed by atoms with van der Waals surface area (Å²) in [6.45, 7) is 2.01. The molecule has 0 bridgehead atoms. The summed E-state index contributed by atoms with van der Waals surface area (Å²) in [5, 5.41) is 3.12. The topological polar surface area (TPSA) is 40.6 Å². The van der Waals surface area contributed by atoms with E-state index in [4.69, 9.17) is 0 Å². The Kier molecular flexibility index (Phi) is 6.66. The zero-order valence-electron chi connectivity index (χ0n) is 22.4. The van der Waals surface area contributed by atoms with Gasteiger partial charge >= 0.3 is 6.03 Å². The second-order valence-electron chi connectivity index (χ2n) is 9.98. The van der Waals surface area contributed by atoms with E-state index in [1.165, 1.54) is 4.90 Å². The van der Waals surface area contributed by atoms with E-state index < -0.39 is 13.8 Å². The monoisotopic (exact) mass is 538 g/mol. The van der Waals surface area contributed by atoms with Crippen LogP contribution in [0.1, 0.15) is 18.9 Å². The summed E-state index contributed by atoms with van der Waals surface area (Å²) in [7, 11) is -3.39. The van der Waals surface area contributed by atoms with Crippen molar-refractivity contribution in [2.45, 2.75) is 18.9 Å². The standard InChI is InChI=1S/C35H30N2O2Si/c1-2-35(28-18-8-3-9-19-28)33(38)36(29-20-10-4-11-21-29)34(39)37(35)40(30-22-12-5-13-23-30,31-24-14-6-15-25-31)32-26-16-7-17-27-32/h3-27H,2H2,1H3. The lowest BCUT2D eigenvalue weighted by atomic mass is 9.87. The first-order valence-corrected chi connectivity index (χ1v) is 15.6.